The van der Waals surface area contributed by atoms with Gasteiger partial charge in [0.05, 0.1) is 83.6 Å². The number of aliphatic hydroxyl groups is 8. The van der Waals surface area contributed by atoms with E-state index in [1.165, 1.54) is 38.5 Å². The van der Waals surface area contributed by atoms with Gasteiger partial charge in [0.1, 0.15) is 0 Å². The molecular weight excluding hydrogens is 420 g/mol. The highest BCUT2D eigenvalue weighted by Crippen LogP contribution is 2.11. The Hall–Kier alpha value is -2.16. The third-order valence-corrected chi connectivity index (χ3v) is 3.27. The topological polar surface area (TPSA) is 214 Å². The lowest BCUT2D eigenvalue weighted by atomic mass is 9.93. The summed E-state index contributed by atoms with van der Waals surface area (Å²) in [4.78, 5) is 22.1. The van der Waals surface area contributed by atoms with Crippen LogP contribution in [0.5, 0.6) is 0 Å². The summed E-state index contributed by atoms with van der Waals surface area (Å²) in [7, 11) is 2.60. The molecule has 12 nitrogen and oxygen atoms in total. The SMILES string of the molecule is COC(=O)c1ccc(C(=O)OC)cc1.OCC(CO)(CO)CO.OCCO.OCCO. The summed E-state index contributed by atoms with van der Waals surface area (Å²) in [5.41, 5.74) is -0.305. The van der Waals surface area contributed by atoms with Gasteiger partial charge in [0.15, 0.2) is 0 Å². The molecule has 31 heavy (non-hydrogen) atoms. The highest BCUT2D eigenvalue weighted by Gasteiger charge is 2.26. The van der Waals surface area contributed by atoms with Crippen molar-refractivity contribution in [3.63, 3.8) is 0 Å². The van der Waals surface area contributed by atoms with E-state index in [0.717, 1.165) is 0 Å². The second-order valence-corrected chi connectivity index (χ2v) is 5.59. The van der Waals surface area contributed by atoms with Gasteiger partial charge in [-0.1, -0.05) is 0 Å². The first-order valence-electron chi connectivity index (χ1n) is 8.90. The normalized spacial score (nSPS) is 9.61. The number of ether oxygens (including phenoxy) is 2. The largest absolute Gasteiger partial charge is 0.465 e. The Morgan fingerprint density at radius 3 is 0.935 bits per heavy atom. The second-order valence-electron chi connectivity index (χ2n) is 5.59. The van der Waals surface area contributed by atoms with E-state index in [2.05, 4.69) is 9.47 Å². The number of hydrogen-bond donors (Lipinski definition) is 8. The van der Waals surface area contributed by atoms with Crippen molar-refractivity contribution in [2.45, 2.75) is 0 Å². The molecule has 0 aliphatic heterocycles. The maximum absolute atomic E-state index is 11.0. The molecule has 0 aliphatic rings. The first kappa shape index (κ1) is 33.5. The molecule has 0 atom stereocenters. The Labute approximate surface area is 180 Å². The highest BCUT2D eigenvalue weighted by molar-refractivity contribution is 5.93. The maximum atomic E-state index is 11.0. The minimum atomic E-state index is -1.11. The molecule has 1 aromatic rings. The second kappa shape index (κ2) is 22.5. The minimum absolute atomic E-state index is 0.125. The third kappa shape index (κ3) is 16.2. The number of methoxy groups -OCH3 is 2. The summed E-state index contributed by atoms with van der Waals surface area (Å²) >= 11 is 0. The minimum Gasteiger partial charge on any atom is -0.465 e. The average molecular weight is 454 g/mol. The van der Waals surface area contributed by atoms with E-state index in [0.29, 0.717) is 11.1 Å². The van der Waals surface area contributed by atoms with Gasteiger partial charge >= 0.3 is 11.9 Å². The number of esters is 2. The summed E-state index contributed by atoms with van der Waals surface area (Å²) in [5.74, 6) is -0.858. The van der Waals surface area contributed by atoms with Gasteiger partial charge in [0.25, 0.3) is 0 Å². The Balaban J connectivity index is -0.000000395. The maximum Gasteiger partial charge on any atom is 0.337 e. The van der Waals surface area contributed by atoms with Crippen LogP contribution in [0.1, 0.15) is 20.7 Å². The van der Waals surface area contributed by atoms with Gasteiger partial charge in [0, 0.05) is 0 Å². The third-order valence-electron chi connectivity index (χ3n) is 3.27. The molecule has 0 saturated heterocycles. The van der Waals surface area contributed by atoms with Gasteiger partial charge in [-0.3, -0.25) is 0 Å². The molecule has 0 saturated carbocycles. The zero-order valence-electron chi connectivity index (χ0n) is 17.7. The predicted octanol–water partition coefficient (Wildman–Crippen LogP) is -2.86. The van der Waals surface area contributed by atoms with Crippen molar-refractivity contribution in [3.8, 4) is 0 Å². The number of hydrogen-bond acceptors (Lipinski definition) is 12. The van der Waals surface area contributed by atoms with Gasteiger partial charge in [-0.15, -0.1) is 0 Å². The zero-order chi connectivity index (χ0) is 24.7. The molecule has 0 aliphatic carbocycles. The van der Waals surface area contributed by atoms with Crippen LogP contribution in [0.3, 0.4) is 0 Å². The lowest BCUT2D eigenvalue weighted by Crippen LogP contribution is -2.37. The predicted molar refractivity (Wildman–Crippen MR) is 108 cm³/mol. The molecule has 182 valence electrons. The van der Waals surface area contributed by atoms with Crippen molar-refractivity contribution < 1.29 is 59.9 Å². The van der Waals surface area contributed by atoms with Gasteiger partial charge in [-0.05, 0) is 24.3 Å². The number of carbonyl (C=O) groups is 2. The van der Waals surface area contributed by atoms with Crippen molar-refractivity contribution in [1.29, 1.82) is 0 Å². The Morgan fingerprint density at radius 1 is 0.613 bits per heavy atom. The van der Waals surface area contributed by atoms with Gasteiger partial charge in [-0.2, -0.15) is 0 Å². The monoisotopic (exact) mass is 454 g/mol. The van der Waals surface area contributed by atoms with E-state index in [1.54, 1.807) is 0 Å². The molecule has 0 fully saturated rings. The van der Waals surface area contributed by atoms with Crippen LogP contribution in [-0.4, -0.2) is 120 Å². The molecule has 8 N–H and O–H groups in total. The van der Waals surface area contributed by atoms with Crippen LogP contribution in [0.15, 0.2) is 24.3 Å². The first-order valence-corrected chi connectivity index (χ1v) is 8.90. The van der Waals surface area contributed by atoms with Crippen molar-refractivity contribution >= 4 is 11.9 Å². The summed E-state index contributed by atoms with van der Waals surface area (Å²) in [5, 5.41) is 64.5. The van der Waals surface area contributed by atoms with Crippen LogP contribution in [0.25, 0.3) is 0 Å². The fourth-order valence-electron chi connectivity index (χ4n) is 1.28. The van der Waals surface area contributed by atoms with Crippen molar-refractivity contribution in [1.82, 2.24) is 0 Å². The van der Waals surface area contributed by atoms with E-state index >= 15 is 0 Å². The van der Waals surface area contributed by atoms with Crippen LogP contribution in [-0.2, 0) is 9.47 Å². The standard InChI is InChI=1S/C10H10O4.C5H12O4.2C2H6O2/c1-13-9(11)7-3-5-8(6-4-7)10(12)14-2;6-1-5(2-7,3-8)4-9;2*3-1-2-4/h3-6H,1-2H3;6-9H,1-4H2;2*3-4H,1-2H2. The number of rotatable bonds is 8. The smallest absolute Gasteiger partial charge is 0.337 e. The number of benzene rings is 1. The Kier molecular flexibility index (Phi) is 24.3. The summed E-state index contributed by atoms with van der Waals surface area (Å²) in [6.07, 6.45) is 0. The van der Waals surface area contributed by atoms with E-state index < -0.39 is 43.8 Å². The van der Waals surface area contributed by atoms with Crippen LogP contribution >= 0.6 is 0 Å². The molecule has 0 heterocycles. The number of aliphatic hydroxyl groups excluding tert-OH is 8. The Bertz CT molecular complexity index is 483. The van der Waals surface area contributed by atoms with Gasteiger partial charge < -0.3 is 50.3 Å². The molecule has 12 heteroatoms. The van der Waals surface area contributed by atoms with Crippen LogP contribution < -0.4 is 0 Å². The van der Waals surface area contributed by atoms with Crippen LogP contribution in [0, 0.1) is 5.41 Å². The van der Waals surface area contributed by atoms with Gasteiger partial charge in [-0.25, -0.2) is 9.59 Å². The average Bonchev–Trinajstić information content (AvgIpc) is 2.85. The van der Waals surface area contributed by atoms with Gasteiger partial charge in [0.2, 0.25) is 0 Å². The van der Waals surface area contributed by atoms with Crippen molar-refractivity contribution in [2.24, 2.45) is 5.41 Å². The summed E-state index contributed by atoms with van der Waals surface area (Å²) < 4.78 is 9.02. The van der Waals surface area contributed by atoms with E-state index in [9.17, 15) is 9.59 Å². The quantitative estimate of drug-likeness (QED) is 0.186. The molecule has 1 rings (SSSR count). The molecule has 0 unspecified atom stereocenters. The zero-order valence-corrected chi connectivity index (χ0v) is 17.7. The molecule has 0 bridgehead atoms. The molecule has 0 aromatic heterocycles. The van der Waals surface area contributed by atoms with E-state index in [1.807, 2.05) is 0 Å². The summed E-state index contributed by atoms with van der Waals surface area (Å²) in [6.45, 7) is -2.12. The van der Waals surface area contributed by atoms with E-state index in [4.69, 9.17) is 40.9 Å². The number of carbonyl (C=O) groups excluding carboxylic acids is 2. The van der Waals surface area contributed by atoms with Crippen molar-refractivity contribution in [2.75, 3.05) is 67.1 Å². The molecule has 0 radical (unpaired) electrons. The van der Waals surface area contributed by atoms with E-state index in [-0.39, 0.29) is 26.4 Å². The lowest BCUT2D eigenvalue weighted by molar-refractivity contribution is -0.0328. The fourth-order valence-corrected chi connectivity index (χ4v) is 1.28. The Morgan fingerprint density at radius 2 is 0.839 bits per heavy atom. The summed E-state index contributed by atoms with van der Waals surface area (Å²) in [6, 6.07) is 6.05. The van der Waals surface area contributed by atoms with Crippen molar-refractivity contribution in [3.05, 3.63) is 35.4 Å². The highest BCUT2D eigenvalue weighted by atomic mass is 16.5. The van der Waals surface area contributed by atoms with Crippen LogP contribution in [0.4, 0.5) is 0 Å². The molecule has 0 spiro atoms. The molecule has 0 amide bonds. The lowest BCUT2D eigenvalue weighted by Gasteiger charge is -2.23. The molecule has 1 aromatic carbocycles. The fraction of sp³-hybridized carbons (Fsp3) is 0.579. The molecular formula is C19H34O12. The van der Waals surface area contributed by atoms with Crippen LogP contribution in [0.2, 0.25) is 0 Å². The first-order chi connectivity index (χ1) is 14.8.